The summed E-state index contributed by atoms with van der Waals surface area (Å²) in [5.41, 5.74) is 2.76. The lowest BCUT2D eigenvalue weighted by Gasteiger charge is -2.36. The van der Waals surface area contributed by atoms with E-state index in [9.17, 15) is 9.18 Å². The Kier molecular flexibility index (Phi) is 8.67. The van der Waals surface area contributed by atoms with Crippen molar-refractivity contribution in [1.29, 1.82) is 0 Å². The van der Waals surface area contributed by atoms with Crippen molar-refractivity contribution in [3.63, 3.8) is 0 Å². The normalized spacial score (nSPS) is 16.4. The van der Waals surface area contributed by atoms with Crippen molar-refractivity contribution in [2.45, 2.75) is 44.9 Å². The fraction of sp³-hybridized carbons (Fsp3) is 0.464. The maximum atomic E-state index is 13.1. The first-order valence-corrected chi connectivity index (χ1v) is 11.8. The van der Waals surface area contributed by atoms with Gasteiger partial charge in [0.05, 0.1) is 19.6 Å². The van der Waals surface area contributed by atoms with E-state index >= 15 is 0 Å². The number of hydrogen-bond acceptors (Lipinski definition) is 4. The second kappa shape index (κ2) is 11.5. The molecular formula is C28H36FNO3. The van der Waals surface area contributed by atoms with Crippen LogP contribution in [-0.4, -0.2) is 44.7 Å². The highest BCUT2D eigenvalue weighted by Crippen LogP contribution is 2.39. The van der Waals surface area contributed by atoms with Crippen LogP contribution in [0.1, 0.15) is 50.7 Å². The van der Waals surface area contributed by atoms with Crippen molar-refractivity contribution >= 4 is 12.0 Å². The van der Waals surface area contributed by atoms with Crippen LogP contribution in [0.2, 0.25) is 0 Å². The Hall–Kier alpha value is -2.66. The molecule has 1 unspecified atom stereocenters. The van der Waals surface area contributed by atoms with Gasteiger partial charge in [-0.15, -0.1) is 0 Å². The first kappa shape index (κ1) is 25.0. The summed E-state index contributed by atoms with van der Waals surface area (Å²) in [6.07, 6.45) is 5.86. The summed E-state index contributed by atoms with van der Waals surface area (Å²) in [4.78, 5) is 15.5. The highest BCUT2D eigenvalue weighted by atomic mass is 19.1. The number of carbonyl (C=O) groups excluding carboxylic acids is 1. The van der Waals surface area contributed by atoms with Crippen molar-refractivity contribution in [2.24, 2.45) is 5.92 Å². The maximum absolute atomic E-state index is 13.1. The number of likely N-dealkylation sites (tertiary alicyclic amines) is 1. The highest BCUT2D eigenvalue weighted by molar-refractivity contribution is 5.83. The van der Waals surface area contributed by atoms with Crippen molar-refractivity contribution in [3.8, 4) is 5.75 Å². The summed E-state index contributed by atoms with van der Waals surface area (Å²) < 4.78 is 23.7. The number of hydrogen-bond donors (Lipinski definition) is 0. The molecule has 3 rings (SSSR count). The summed E-state index contributed by atoms with van der Waals surface area (Å²) in [7, 11) is 3.12. The predicted molar refractivity (Wildman–Crippen MR) is 131 cm³/mol. The minimum absolute atomic E-state index is 0.102. The molecule has 2 aromatic carbocycles. The van der Waals surface area contributed by atoms with Gasteiger partial charge in [-0.3, -0.25) is 4.79 Å². The molecule has 0 saturated carbocycles. The Labute approximate surface area is 197 Å². The first-order valence-electron chi connectivity index (χ1n) is 11.8. The van der Waals surface area contributed by atoms with Crippen LogP contribution in [-0.2, 0) is 14.9 Å². The Morgan fingerprint density at radius 2 is 1.70 bits per heavy atom. The highest BCUT2D eigenvalue weighted by Gasteiger charge is 2.44. The van der Waals surface area contributed by atoms with Gasteiger partial charge in [0.15, 0.2) is 0 Å². The van der Waals surface area contributed by atoms with Gasteiger partial charge in [-0.25, -0.2) is 4.39 Å². The molecule has 0 bridgehead atoms. The van der Waals surface area contributed by atoms with Gasteiger partial charge in [-0.2, -0.15) is 0 Å². The molecule has 1 atom stereocenters. The second-order valence-corrected chi connectivity index (χ2v) is 9.15. The number of ether oxygens (including phenoxy) is 2. The monoisotopic (exact) mass is 453 g/mol. The molecule has 33 heavy (non-hydrogen) atoms. The average Bonchev–Trinajstić information content (AvgIpc) is 2.84. The SMILES string of the molecule is COC(=O)C(CCCN1CCC(=Cc2ccc(F)cc2)CC1)(c1ccc(OC)cc1)C(C)C. The van der Waals surface area contributed by atoms with Crippen LogP contribution in [0.5, 0.6) is 5.75 Å². The van der Waals surface area contributed by atoms with Crippen LogP contribution in [0, 0.1) is 11.7 Å². The van der Waals surface area contributed by atoms with Crippen LogP contribution in [0.25, 0.3) is 6.08 Å². The summed E-state index contributed by atoms with van der Waals surface area (Å²) in [5, 5.41) is 0. The lowest BCUT2D eigenvalue weighted by molar-refractivity contribution is -0.150. The predicted octanol–water partition coefficient (Wildman–Crippen LogP) is 5.86. The Morgan fingerprint density at radius 1 is 1.06 bits per heavy atom. The molecule has 0 radical (unpaired) electrons. The standard InChI is InChI=1S/C28H36FNO3/c1-21(2)28(27(31)33-4,24-8-12-26(32-3)13-9-24)16-5-17-30-18-14-23(15-19-30)20-22-6-10-25(29)11-7-22/h6-13,20-21H,5,14-19H2,1-4H3. The molecule has 0 amide bonds. The van der Waals surface area contributed by atoms with Gasteiger partial charge in [0.2, 0.25) is 0 Å². The van der Waals surface area contributed by atoms with Crippen molar-refractivity contribution < 1.29 is 18.7 Å². The zero-order valence-electron chi connectivity index (χ0n) is 20.3. The Balaban J connectivity index is 1.62. The summed E-state index contributed by atoms with van der Waals surface area (Å²) in [5.74, 6) is 0.501. The first-order chi connectivity index (χ1) is 15.9. The molecular weight excluding hydrogens is 417 g/mol. The van der Waals surface area contributed by atoms with E-state index in [-0.39, 0.29) is 17.7 Å². The zero-order valence-corrected chi connectivity index (χ0v) is 20.3. The minimum atomic E-state index is -0.676. The molecule has 1 saturated heterocycles. The molecule has 5 heteroatoms. The van der Waals surface area contributed by atoms with E-state index < -0.39 is 5.41 Å². The summed E-state index contributed by atoms with van der Waals surface area (Å²) >= 11 is 0. The van der Waals surface area contributed by atoms with Gasteiger partial charge < -0.3 is 14.4 Å². The average molecular weight is 454 g/mol. The lowest BCUT2D eigenvalue weighted by Crippen LogP contribution is -2.43. The topological polar surface area (TPSA) is 38.8 Å². The molecule has 4 nitrogen and oxygen atoms in total. The van der Waals surface area contributed by atoms with Crippen LogP contribution in [0.15, 0.2) is 54.1 Å². The number of benzene rings is 2. The van der Waals surface area contributed by atoms with Crippen molar-refractivity contribution in [1.82, 2.24) is 4.90 Å². The van der Waals surface area contributed by atoms with Gasteiger partial charge in [0.1, 0.15) is 11.6 Å². The van der Waals surface area contributed by atoms with Crippen molar-refractivity contribution in [3.05, 3.63) is 71.0 Å². The van der Waals surface area contributed by atoms with Crippen molar-refractivity contribution in [2.75, 3.05) is 33.9 Å². The number of rotatable bonds is 9. The Morgan fingerprint density at radius 3 is 2.24 bits per heavy atom. The van der Waals surface area contributed by atoms with E-state index in [1.165, 1.54) is 24.8 Å². The molecule has 0 N–H and O–H groups in total. The number of carbonyl (C=O) groups is 1. The third-order valence-electron chi connectivity index (χ3n) is 6.92. The zero-order chi connectivity index (χ0) is 23.8. The summed E-state index contributed by atoms with van der Waals surface area (Å²) in [6.45, 7) is 7.14. The molecule has 0 aromatic heterocycles. The van der Waals surface area contributed by atoms with E-state index in [0.29, 0.717) is 0 Å². The number of methoxy groups -OCH3 is 2. The quantitative estimate of drug-likeness (QED) is 0.446. The van der Waals surface area contributed by atoms with E-state index in [4.69, 9.17) is 9.47 Å². The number of nitrogens with zero attached hydrogens (tertiary/aromatic N) is 1. The van der Waals surface area contributed by atoms with E-state index in [1.54, 1.807) is 7.11 Å². The maximum Gasteiger partial charge on any atom is 0.316 e. The third kappa shape index (κ3) is 6.02. The number of esters is 1. The second-order valence-electron chi connectivity index (χ2n) is 9.15. The van der Waals surface area contributed by atoms with Crippen LogP contribution in [0.4, 0.5) is 4.39 Å². The van der Waals surface area contributed by atoms with Gasteiger partial charge in [-0.1, -0.05) is 49.8 Å². The molecule has 1 aliphatic rings. The largest absolute Gasteiger partial charge is 0.497 e. The summed E-state index contributed by atoms with van der Waals surface area (Å²) in [6, 6.07) is 14.5. The van der Waals surface area contributed by atoms with Crippen LogP contribution >= 0.6 is 0 Å². The molecule has 178 valence electrons. The van der Waals surface area contributed by atoms with Gasteiger partial charge in [0, 0.05) is 13.1 Å². The van der Waals surface area contributed by atoms with E-state index in [2.05, 4.69) is 24.8 Å². The van der Waals surface area contributed by atoms with Gasteiger partial charge in [-0.05, 0) is 73.5 Å². The molecule has 0 aliphatic carbocycles. The fourth-order valence-corrected chi connectivity index (χ4v) is 4.88. The lowest BCUT2D eigenvalue weighted by atomic mass is 9.68. The molecule has 0 spiro atoms. The molecule has 2 aromatic rings. The molecule has 1 fully saturated rings. The van der Waals surface area contributed by atoms with Crippen LogP contribution < -0.4 is 4.74 Å². The molecule has 1 heterocycles. The third-order valence-corrected chi connectivity index (χ3v) is 6.92. The Bertz CT molecular complexity index is 927. The van der Waals surface area contributed by atoms with Crippen LogP contribution in [0.3, 0.4) is 0 Å². The number of halogens is 1. The van der Waals surface area contributed by atoms with E-state index in [0.717, 1.165) is 62.2 Å². The minimum Gasteiger partial charge on any atom is -0.497 e. The van der Waals surface area contributed by atoms with Gasteiger partial charge in [0.25, 0.3) is 0 Å². The fourth-order valence-electron chi connectivity index (χ4n) is 4.88. The molecule has 1 aliphatic heterocycles. The number of piperidine rings is 1. The van der Waals surface area contributed by atoms with Gasteiger partial charge >= 0.3 is 5.97 Å². The smallest absolute Gasteiger partial charge is 0.316 e. The van der Waals surface area contributed by atoms with E-state index in [1.807, 2.05) is 36.4 Å².